The molecule has 0 radical (unpaired) electrons. The number of para-hydroxylation sites is 2. The number of benzene rings is 8. The average Bonchev–Trinajstić information content (AvgIpc) is 3.25. The Morgan fingerprint density at radius 1 is 0.328 bits per heavy atom. The molecule has 0 unspecified atom stereocenters. The maximum Gasteiger partial charge on any atom is 0.139 e. The van der Waals surface area contributed by atoms with Crippen LogP contribution in [-0.2, 0) is 0 Å². The van der Waals surface area contributed by atoms with E-state index in [0.29, 0.717) is 0 Å². The highest BCUT2D eigenvalue weighted by atomic mass is 31.1. The van der Waals surface area contributed by atoms with Crippen LogP contribution in [0.25, 0.3) is 10.8 Å². The highest BCUT2D eigenvalue weighted by Crippen LogP contribution is 2.43. The predicted molar refractivity (Wildman–Crippen MR) is 255 cm³/mol. The van der Waals surface area contributed by atoms with Crippen molar-refractivity contribution in [1.29, 1.82) is 0 Å². The van der Waals surface area contributed by atoms with E-state index in [4.69, 9.17) is 9.98 Å². The summed E-state index contributed by atoms with van der Waals surface area (Å²) >= 11 is 0. The van der Waals surface area contributed by atoms with Crippen LogP contribution < -0.4 is 31.9 Å². The molecule has 0 aliphatic rings. The summed E-state index contributed by atoms with van der Waals surface area (Å²) in [5.41, 5.74) is 10.5. The van der Waals surface area contributed by atoms with E-state index in [2.05, 4.69) is 232 Å². The number of nitrogens with zero attached hydrogens (tertiary/aromatic N) is 2. The molecule has 0 bridgehead atoms. The third kappa shape index (κ3) is 8.55. The first-order valence-corrected chi connectivity index (χ1v) is 22.3. The zero-order chi connectivity index (χ0) is 39.8. The SMILES string of the molecule is Cc1cccc(C)c1N/C(=N\c1cccc2c(/N=C(\Nc3c(C)cccc3C)P(c3ccccc3)c3ccccc3)cccc12)P(c1ccccc1)c1ccccc1. The second-order valence-corrected chi connectivity index (χ2v) is 18.6. The Hall–Kier alpha value is -6.18. The average molecular weight is 789 g/mol. The van der Waals surface area contributed by atoms with Crippen LogP contribution >= 0.6 is 15.8 Å². The number of aryl methyl sites for hydroxylation is 4. The van der Waals surface area contributed by atoms with Crippen LogP contribution in [-0.4, -0.2) is 11.2 Å². The lowest BCUT2D eigenvalue weighted by Crippen LogP contribution is -2.24. The van der Waals surface area contributed by atoms with E-state index in [1.54, 1.807) is 0 Å². The summed E-state index contributed by atoms with van der Waals surface area (Å²) in [6.45, 7) is 8.64. The van der Waals surface area contributed by atoms with Crippen molar-refractivity contribution >= 4 is 81.7 Å². The summed E-state index contributed by atoms with van der Waals surface area (Å²) < 4.78 is 0. The van der Waals surface area contributed by atoms with Gasteiger partial charge in [-0.05, 0) is 83.3 Å². The van der Waals surface area contributed by atoms with Gasteiger partial charge in [0.05, 0.1) is 11.4 Å². The molecule has 0 aliphatic heterocycles. The Bertz CT molecular complexity index is 2410. The summed E-state index contributed by atoms with van der Waals surface area (Å²) in [4.78, 5) is 11.3. The van der Waals surface area contributed by atoms with Crippen molar-refractivity contribution < 1.29 is 0 Å². The van der Waals surface area contributed by atoms with Gasteiger partial charge < -0.3 is 10.6 Å². The van der Waals surface area contributed by atoms with Gasteiger partial charge in [-0.3, -0.25) is 0 Å². The highest BCUT2D eigenvalue weighted by Gasteiger charge is 2.25. The van der Waals surface area contributed by atoms with Crippen molar-refractivity contribution in [3.8, 4) is 0 Å². The summed E-state index contributed by atoms with van der Waals surface area (Å²) in [6.07, 6.45) is 0. The summed E-state index contributed by atoms with van der Waals surface area (Å²) in [6, 6.07) is 68.7. The van der Waals surface area contributed by atoms with Gasteiger partial charge >= 0.3 is 0 Å². The van der Waals surface area contributed by atoms with Crippen LogP contribution in [0.4, 0.5) is 22.7 Å². The molecule has 4 nitrogen and oxygen atoms in total. The van der Waals surface area contributed by atoms with Gasteiger partial charge in [-0.2, -0.15) is 0 Å². The van der Waals surface area contributed by atoms with Crippen molar-refractivity contribution in [2.75, 3.05) is 10.6 Å². The van der Waals surface area contributed by atoms with Crippen LogP contribution in [0.3, 0.4) is 0 Å². The largest absolute Gasteiger partial charge is 0.339 e. The Morgan fingerprint density at radius 3 is 0.897 bits per heavy atom. The lowest BCUT2D eigenvalue weighted by atomic mass is 10.1. The second-order valence-electron chi connectivity index (χ2n) is 14.3. The molecule has 0 amide bonds. The number of anilines is 2. The first-order valence-electron chi connectivity index (χ1n) is 19.6. The van der Waals surface area contributed by atoms with Crippen LogP contribution in [0.1, 0.15) is 22.3 Å². The number of nitrogens with one attached hydrogen (secondary N) is 2. The molecule has 8 aromatic rings. The molecule has 0 fully saturated rings. The maximum atomic E-state index is 5.63. The van der Waals surface area contributed by atoms with Crippen LogP contribution in [0, 0.1) is 27.7 Å². The Kier molecular flexibility index (Phi) is 12.0. The van der Waals surface area contributed by atoms with E-state index in [1.165, 1.54) is 43.5 Å². The zero-order valence-corrected chi connectivity index (χ0v) is 35.1. The number of aliphatic imine (C=N–C) groups is 2. The first-order chi connectivity index (χ1) is 28.4. The van der Waals surface area contributed by atoms with E-state index in [9.17, 15) is 0 Å². The fraction of sp³-hybridized carbons (Fsp3) is 0.0769. The van der Waals surface area contributed by atoms with Crippen molar-refractivity contribution in [2.45, 2.75) is 27.7 Å². The molecule has 0 spiro atoms. The Labute approximate surface area is 345 Å². The first kappa shape index (κ1) is 38.7. The van der Waals surface area contributed by atoms with E-state index >= 15 is 0 Å². The van der Waals surface area contributed by atoms with Crippen molar-refractivity contribution in [2.24, 2.45) is 9.98 Å². The molecule has 58 heavy (non-hydrogen) atoms. The second kappa shape index (κ2) is 18.0. The monoisotopic (exact) mass is 788 g/mol. The molecular weight excluding hydrogens is 743 g/mol. The molecule has 0 aromatic heterocycles. The molecule has 0 saturated heterocycles. The predicted octanol–water partition coefficient (Wildman–Crippen LogP) is 12.5. The van der Waals surface area contributed by atoms with Gasteiger partial charge in [-0.1, -0.05) is 182 Å². The summed E-state index contributed by atoms with van der Waals surface area (Å²) in [5, 5.41) is 14.8. The topological polar surface area (TPSA) is 48.8 Å². The molecule has 284 valence electrons. The fourth-order valence-electron chi connectivity index (χ4n) is 7.31. The van der Waals surface area contributed by atoms with Crippen LogP contribution in [0.2, 0.25) is 0 Å². The van der Waals surface area contributed by atoms with E-state index in [-0.39, 0.29) is 0 Å². The van der Waals surface area contributed by atoms with Gasteiger partial charge in [-0.25, -0.2) is 9.98 Å². The van der Waals surface area contributed by atoms with Gasteiger partial charge in [-0.15, -0.1) is 0 Å². The van der Waals surface area contributed by atoms with Gasteiger partial charge in [0.25, 0.3) is 0 Å². The molecule has 6 heteroatoms. The van der Waals surface area contributed by atoms with Gasteiger partial charge in [0.1, 0.15) is 11.2 Å². The van der Waals surface area contributed by atoms with E-state index in [0.717, 1.165) is 44.7 Å². The Morgan fingerprint density at radius 2 is 0.603 bits per heavy atom. The molecule has 0 saturated carbocycles. The molecular formula is C52H46N4P2. The van der Waals surface area contributed by atoms with E-state index in [1.807, 2.05) is 0 Å². The van der Waals surface area contributed by atoms with Crippen molar-refractivity contribution in [3.63, 3.8) is 0 Å². The molecule has 0 heterocycles. The summed E-state index contributed by atoms with van der Waals surface area (Å²) in [7, 11) is -2.11. The highest BCUT2D eigenvalue weighted by molar-refractivity contribution is 7.88. The summed E-state index contributed by atoms with van der Waals surface area (Å²) in [5.74, 6) is 0. The molecule has 0 aliphatic carbocycles. The van der Waals surface area contributed by atoms with E-state index < -0.39 is 15.8 Å². The van der Waals surface area contributed by atoms with Crippen molar-refractivity contribution in [1.82, 2.24) is 0 Å². The minimum atomic E-state index is -1.05. The van der Waals surface area contributed by atoms with Gasteiger partial charge in [0.2, 0.25) is 0 Å². The maximum absolute atomic E-state index is 5.63. The minimum absolute atomic E-state index is 0.889. The lowest BCUT2D eigenvalue weighted by molar-refractivity contribution is 1.37. The number of hydrogen-bond acceptors (Lipinski definition) is 2. The van der Waals surface area contributed by atoms with Crippen molar-refractivity contribution in [3.05, 3.63) is 216 Å². The minimum Gasteiger partial charge on any atom is -0.339 e. The zero-order valence-electron chi connectivity index (χ0n) is 33.3. The molecule has 2 N–H and O–H groups in total. The quantitative estimate of drug-likeness (QED) is 0.0824. The lowest BCUT2D eigenvalue weighted by Gasteiger charge is -2.24. The Balaban J connectivity index is 1.34. The number of hydrogen-bond donors (Lipinski definition) is 2. The molecule has 8 aromatic carbocycles. The van der Waals surface area contributed by atoms with Crippen LogP contribution in [0.5, 0.6) is 0 Å². The third-order valence-corrected chi connectivity index (χ3v) is 14.8. The smallest absolute Gasteiger partial charge is 0.139 e. The normalized spacial score (nSPS) is 12.0. The molecule has 8 rings (SSSR count). The fourth-order valence-corrected chi connectivity index (χ4v) is 11.6. The number of amidine groups is 2. The van der Waals surface area contributed by atoms with Crippen LogP contribution in [0.15, 0.2) is 204 Å². The standard InChI is InChI=1S/C52H46N4P2/c1-37-21-17-22-38(2)49(37)55-51(57(41-25-9-5-10-26-41)42-27-11-6-12-28-42)53-47-35-19-34-46-45(47)33-20-36-48(46)54-52(56-50-39(3)23-18-24-40(50)4)58(43-29-13-7-14-30-43)44-31-15-8-16-32-44/h5-36H,1-4H3,(H,53,55)(H,54,56). The van der Waals surface area contributed by atoms with Gasteiger partial charge in [0, 0.05) is 38.0 Å². The number of fused-ring (bicyclic) bond motifs is 1. The number of rotatable bonds is 10. The molecule has 0 atom stereocenters. The third-order valence-electron chi connectivity index (χ3n) is 10.2. The van der Waals surface area contributed by atoms with Gasteiger partial charge in [0.15, 0.2) is 0 Å².